The molecule has 1 rings (SSSR count). The number of ether oxygens (including phenoxy) is 1. The van der Waals surface area contributed by atoms with Gasteiger partial charge in [-0.15, -0.1) is 0 Å². The summed E-state index contributed by atoms with van der Waals surface area (Å²) in [6.45, 7) is 10.3. The molecule has 1 aliphatic rings. The van der Waals surface area contributed by atoms with Crippen LogP contribution in [0.5, 0.6) is 0 Å². The predicted molar refractivity (Wildman–Crippen MR) is 80.0 cm³/mol. The maximum atomic E-state index is 6.25. The second kappa shape index (κ2) is 7.53. The Labute approximate surface area is 115 Å². The molecule has 0 heterocycles. The first-order valence-corrected chi connectivity index (χ1v) is 8.17. The minimum absolute atomic E-state index is 0.161. The molecular formula is C17H34O. The first kappa shape index (κ1) is 16.0. The Balaban J connectivity index is 2.39. The van der Waals surface area contributed by atoms with Gasteiger partial charge in [-0.1, -0.05) is 52.9 Å². The normalized spacial score (nSPS) is 32.7. The van der Waals surface area contributed by atoms with Crippen LogP contribution in [0.4, 0.5) is 0 Å². The number of rotatable bonds is 8. The Morgan fingerprint density at radius 1 is 0.944 bits per heavy atom. The number of hydrogen-bond donors (Lipinski definition) is 0. The van der Waals surface area contributed by atoms with Crippen LogP contribution in [0.3, 0.4) is 0 Å². The summed E-state index contributed by atoms with van der Waals surface area (Å²) in [6.07, 6.45) is 13.2. The monoisotopic (exact) mass is 254 g/mol. The van der Waals surface area contributed by atoms with Crippen molar-refractivity contribution < 1.29 is 4.74 Å². The molecule has 0 bridgehead atoms. The van der Waals surface area contributed by atoms with E-state index in [0.717, 1.165) is 6.61 Å². The molecule has 0 N–H and O–H groups in total. The minimum Gasteiger partial charge on any atom is -0.375 e. The van der Waals surface area contributed by atoms with Gasteiger partial charge in [-0.2, -0.15) is 0 Å². The summed E-state index contributed by atoms with van der Waals surface area (Å²) in [5.41, 5.74) is 0.697. The lowest BCUT2D eigenvalue weighted by Crippen LogP contribution is -2.40. The molecule has 18 heavy (non-hydrogen) atoms. The Hall–Kier alpha value is -0.0400. The highest BCUT2D eigenvalue weighted by atomic mass is 16.5. The predicted octanol–water partition coefficient (Wildman–Crippen LogP) is 5.72. The average Bonchev–Trinajstić information content (AvgIpc) is 2.32. The van der Waals surface area contributed by atoms with Crippen LogP contribution in [0, 0.1) is 5.41 Å². The van der Waals surface area contributed by atoms with Crippen molar-refractivity contribution in [2.45, 2.75) is 97.5 Å². The Morgan fingerprint density at radius 3 is 2.33 bits per heavy atom. The molecule has 0 aromatic rings. The van der Waals surface area contributed by atoms with Gasteiger partial charge in [-0.05, 0) is 44.4 Å². The third-order valence-corrected chi connectivity index (χ3v) is 4.62. The molecule has 0 saturated heterocycles. The van der Waals surface area contributed by atoms with E-state index in [2.05, 4.69) is 27.7 Å². The zero-order valence-electron chi connectivity index (χ0n) is 13.2. The highest BCUT2D eigenvalue weighted by Crippen LogP contribution is 2.46. The molecule has 108 valence electrons. The van der Waals surface area contributed by atoms with Crippen molar-refractivity contribution >= 4 is 0 Å². The molecule has 0 radical (unpaired) electrons. The second-order valence-electron chi connectivity index (χ2n) is 6.95. The van der Waals surface area contributed by atoms with Gasteiger partial charge in [0.05, 0.1) is 5.60 Å². The summed E-state index contributed by atoms with van der Waals surface area (Å²) in [5, 5.41) is 0. The van der Waals surface area contributed by atoms with E-state index in [1.807, 2.05) is 0 Å². The van der Waals surface area contributed by atoms with Gasteiger partial charge in [0.15, 0.2) is 0 Å². The molecule has 1 aliphatic carbocycles. The average molecular weight is 254 g/mol. The molecule has 0 spiro atoms. The zero-order chi connectivity index (χ0) is 13.5. The van der Waals surface area contributed by atoms with Crippen LogP contribution in [0.1, 0.15) is 91.9 Å². The van der Waals surface area contributed by atoms with Crippen LogP contribution in [0.2, 0.25) is 0 Å². The largest absolute Gasteiger partial charge is 0.375 e. The molecule has 1 unspecified atom stereocenters. The van der Waals surface area contributed by atoms with Crippen molar-refractivity contribution in [3.8, 4) is 0 Å². The first-order chi connectivity index (χ1) is 8.54. The van der Waals surface area contributed by atoms with Gasteiger partial charge in [0.2, 0.25) is 0 Å². The fourth-order valence-corrected chi connectivity index (χ4v) is 3.58. The van der Waals surface area contributed by atoms with Gasteiger partial charge in [-0.3, -0.25) is 0 Å². The zero-order valence-corrected chi connectivity index (χ0v) is 13.2. The maximum Gasteiger partial charge on any atom is 0.0659 e. The third-order valence-electron chi connectivity index (χ3n) is 4.62. The lowest BCUT2D eigenvalue weighted by molar-refractivity contribution is -0.0913. The standard InChI is InChI=1S/C17H34O/c1-5-7-9-14-18-17(4)13-10-12-16(3,15-17)11-8-6-2/h5-15H2,1-4H3/t16-,17?/m0/s1. The van der Waals surface area contributed by atoms with Crippen LogP contribution in [0.15, 0.2) is 0 Å². The van der Waals surface area contributed by atoms with Crippen LogP contribution in [-0.4, -0.2) is 12.2 Å². The maximum absolute atomic E-state index is 6.25. The Bertz CT molecular complexity index is 226. The van der Waals surface area contributed by atoms with Gasteiger partial charge >= 0.3 is 0 Å². The third kappa shape index (κ3) is 5.30. The van der Waals surface area contributed by atoms with E-state index in [1.54, 1.807) is 0 Å². The minimum atomic E-state index is 0.161. The summed E-state index contributed by atoms with van der Waals surface area (Å²) in [7, 11) is 0. The Morgan fingerprint density at radius 2 is 1.67 bits per heavy atom. The van der Waals surface area contributed by atoms with Gasteiger partial charge in [0, 0.05) is 6.61 Å². The summed E-state index contributed by atoms with van der Waals surface area (Å²) in [5.74, 6) is 0. The fourth-order valence-electron chi connectivity index (χ4n) is 3.58. The summed E-state index contributed by atoms with van der Waals surface area (Å²) in [6, 6.07) is 0. The second-order valence-corrected chi connectivity index (χ2v) is 6.95. The van der Waals surface area contributed by atoms with Crippen LogP contribution in [-0.2, 0) is 4.74 Å². The van der Waals surface area contributed by atoms with Crippen molar-refractivity contribution in [2.24, 2.45) is 5.41 Å². The Kier molecular flexibility index (Phi) is 6.70. The lowest BCUT2D eigenvalue weighted by atomic mass is 9.67. The smallest absolute Gasteiger partial charge is 0.0659 e. The highest BCUT2D eigenvalue weighted by Gasteiger charge is 2.39. The molecule has 1 saturated carbocycles. The molecule has 2 atom stereocenters. The molecule has 1 fully saturated rings. The molecule has 0 aromatic heterocycles. The SMILES string of the molecule is CCCCCOC1(C)CCC[C@](C)(CCCC)C1. The summed E-state index contributed by atoms with van der Waals surface area (Å²) in [4.78, 5) is 0. The first-order valence-electron chi connectivity index (χ1n) is 8.17. The number of unbranched alkanes of at least 4 members (excludes halogenated alkanes) is 3. The quantitative estimate of drug-likeness (QED) is 0.503. The van der Waals surface area contributed by atoms with Crippen molar-refractivity contribution in [2.75, 3.05) is 6.61 Å². The van der Waals surface area contributed by atoms with E-state index in [0.29, 0.717) is 5.41 Å². The summed E-state index contributed by atoms with van der Waals surface area (Å²) < 4.78 is 6.25. The van der Waals surface area contributed by atoms with Crippen molar-refractivity contribution in [1.82, 2.24) is 0 Å². The van der Waals surface area contributed by atoms with E-state index >= 15 is 0 Å². The van der Waals surface area contributed by atoms with Crippen LogP contribution < -0.4 is 0 Å². The molecular weight excluding hydrogens is 220 g/mol. The van der Waals surface area contributed by atoms with E-state index in [1.165, 1.54) is 64.2 Å². The van der Waals surface area contributed by atoms with E-state index in [4.69, 9.17) is 4.74 Å². The van der Waals surface area contributed by atoms with Gasteiger partial charge < -0.3 is 4.74 Å². The van der Waals surface area contributed by atoms with E-state index < -0.39 is 0 Å². The van der Waals surface area contributed by atoms with Crippen molar-refractivity contribution in [3.63, 3.8) is 0 Å². The van der Waals surface area contributed by atoms with Gasteiger partial charge in [0.1, 0.15) is 0 Å². The topological polar surface area (TPSA) is 9.23 Å². The van der Waals surface area contributed by atoms with Crippen LogP contribution >= 0.6 is 0 Å². The van der Waals surface area contributed by atoms with Crippen LogP contribution in [0.25, 0.3) is 0 Å². The molecule has 1 heteroatoms. The van der Waals surface area contributed by atoms with E-state index in [-0.39, 0.29) is 5.60 Å². The van der Waals surface area contributed by atoms with E-state index in [9.17, 15) is 0 Å². The van der Waals surface area contributed by atoms with Gasteiger partial charge in [0.25, 0.3) is 0 Å². The number of hydrogen-bond acceptors (Lipinski definition) is 1. The molecule has 0 amide bonds. The van der Waals surface area contributed by atoms with Crippen molar-refractivity contribution in [1.29, 1.82) is 0 Å². The molecule has 1 nitrogen and oxygen atoms in total. The van der Waals surface area contributed by atoms with Crippen molar-refractivity contribution in [3.05, 3.63) is 0 Å². The summed E-state index contributed by atoms with van der Waals surface area (Å²) >= 11 is 0. The lowest BCUT2D eigenvalue weighted by Gasteiger charge is -2.44. The fraction of sp³-hybridized carbons (Fsp3) is 1.00. The molecule has 0 aromatic carbocycles. The highest BCUT2D eigenvalue weighted by molar-refractivity contribution is 4.91. The molecule has 0 aliphatic heterocycles. The van der Waals surface area contributed by atoms with Gasteiger partial charge in [-0.25, -0.2) is 0 Å².